The van der Waals surface area contributed by atoms with Gasteiger partial charge in [-0.3, -0.25) is 9.88 Å². The molecule has 1 aliphatic rings. The molecular formula is C23H24N8. The van der Waals surface area contributed by atoms with E-state index < -0.39 is 0 Å². The summed E-state index contributed by atoms with van der Waals surface area (Å²) in [6.45, 7) is 5.63. The highest BCUT2D eigenvalue weighted by Crippen LogP contribution is 2.24. The molecule has 8 nitrogen and oxygen atoms in total. The Kier molecular flexibility index (Phi) is 5.62. The zero-order chi connectivity index (χ0) is 20.9. The van der Waals surface area contributed by atoms with E-state index in [2.05, 4.69) is 36.1 Å². The predicted molar refractivity (Wildman–Crippen MR) is 122 cm³/mol. The Labute approximate surface area is 181 Å². The topological polar surface area (TPSA) is 83.0 Å². The Morgan fingerprint density at radius 2 is 1.58 bits per heavy atom. The van der Waals surface area contributed by atoms with E-state index in [-0.39, 0.29) is 0 Å². The van der Waals surface area contributed by atoms with Crippen LogP contribution >= 0.6 is 0 Å². The minimum atomic E-state index is 0.708. The molecule has 1 fully saturated rings. The van der Waals surface area contributed by atoms with Crippen molar-refractivity contribution in [3.05, 3.63) is 67.3 Å². The first-order valence-corrected chi connectivity index (χ1v) is 10.5. The van der Waals surface area contributed by atoms with Crippen molar-refractivity contribution in [2.75, 3.05) is 49.5 Å². The molecule has 156 valence electrons. The van der Waals surface area contributed by atoms with Crippen molar-refractivity contribution in [1.82, 2.24) is 29.8 Å². The fourth-order valence-electron chi connectivity index (χ4n) is 3.80. The van der Waals surface area contributed by atoms with Crippen LogP contribution in [0.15, 0.2) is 67.3 Å². The summed E-state index contributed by atoms with van der Waals surface area (Å²) < 4.78 is 0. The van der Waals surface area contributed by atoms with Gasteiger partial charge in [0.2, 0.25) is 5.95 Å². The molecule has 1 aromatic carbocycles. The molecule has 0 saturated carbocycles. The third-order valence-corrected chi connectivity index (χ3v) is 5.47. The van der Waals surface area contributed by atoms with Crippen molar-refractivity contribution in [3.8, 4) is 11.4 Å². The van der Waals surface area contributed by atoms with E-state index in [0.29, 0.717) is 5.82 Å². The monoisotopic (exact) mass is 412 g/mol. The average molecular weight is 413 g/mol. The van der Waals surface area contributed by atoms with Gasteiger partial charge in [0.1, 0.15) is 5.82 Å². The fourth-order valence-corrected chi connectivity index (χ4v) is 3.80. The number of anilines is 2. The van der Waals surface area contributed by atoms with Crippen LogP contribution in [0.2, 0.25) is 0 Å². The number of nitrogens with zero attached hydrogens (tertiary/aromatic N) is 7. The van der Waals surface area contributed by atoms with Crippen LogP contribution in [-0.4, -0.2) is 69.1 Å². The van der Waals surface area contributed by atoms with Crippen LogP contribution in [0.3, 0.4) is 0 Å². The highest BCUT2D eigenvalue weighted by atomic mass is 15.3. The molecule has 0 unspecified atom stereocenters. The normalized spacial score (nSPS) is 14.6. The van der Waals surface area contributed by atoms with E-state index in [4.69, 9.17) is 9.97 Å². The molecule has 4 heterocycles. The molecule has 3 aromatic heterocycles. The van der Waals surface area contributed by atoms with Crippen LogP contribution in [0.25, 0.3) is 22.3 Å². The predicted octanol–water partition coefficient (Wildman–Crippen LogP) is 2.72. The first-order valence-electron chi connectivity index (χ1n) is 10.5. The number of benzene rings is 1. The second-order valence-corrected chi connectivity index (χ2v) is 7.45. The number of hydrogen-bond acceptors (Lipinski definition) is 8. The maximum Gasteiger partial charge on any atom is 0.225 e. The van der Waals surface area contributed by atoms with Crippen molar-refractivity contribution < 1.29 is 0 Å². The highest BCUT2D eigenvalue weighted by molar-refractivity contribution is 5.90. The Bertz CT molecular complexity index is 1130. The van der Waals surface area contributed by atoms with E-state index in [9.17, 15) is 0 Å². The van der Waals surface area contributed by atoms with E-state index in [1.54, 1.807) is 24.8 Å². The molecule has 5 rings (SSSR count). The van der Waals surface area contributed by atoms with Crippen LogP contribution < -0.4 is 10.2 Å². The number of piperazine rings is 1. The molecule has 0 bridgehead atoms. The van der Waals surface area contributed by atoms with Gasteiger partial charge in [-0.25, -0.2) is 19.9 Å². The first kappa shape index (κ1) is 19.3. The zero-order valence-corrected chi connectivity index (χ0v) is 17.2. The van der Waals surface area contributed by atoms with Crippen LogP contribution in [0.4, 0.5) is 11.8 Å². The molecule has 1 saturated heterocycles. The molecule has 0 atom stereocenters. The number of aromatic nitrogens is 5. The van der Waals surface area contributed by atoms with Crippen molar-refractivity contribution in [1.29, 1.82) is 0 Å². The molecule has 1 aliphatic heterocycles. The number of para-hydroxylation sites is 1. The lowest BCUT2D eigenvalue weighted by Gasteiger charge is -2.34. The van der Waals surface area contributed by atoms with Gasteiger partial charge in [-0.05, 0) is 30.3 Å². The van der Waals surface area contributed by atoms with Gasteiger partial charge in [0.05, 0.1) is 5.52 Å². The van der Waals surface area contributed by atoms with Crippen molar-refractivity contribution in [3.63, 3.8) is 0 Å². The Balaban J connectivity index is 1.24. The zero-order valence-electron chi connectivity index (χ0n) is 17.2. The van der Waals surface area contributed by atoms with Gasteiger partial charge < -0.3 is 10.2 Å². The Morgan fingerprint density at radius 1 is 0.806 bits per heavy atom. The summed E-state index contributed by atoms with van der Waals surface area (Å²) in [6.07, 6.45) is 7.12. The minimum Gasteiger partial charge on any atom is -0.368 e. The Morgan fingerprint density at radius 3 is 2.39 bits per heavy atom. The van der Waals surface area contributed by atoms with Gasteiger partial charge in [-0.1, -0.05) is 12.1 Å². The molecule has 4 aromatic rings. The first-order chi connectivity index (χ1) is 15.4. The lowest BCUT2D eigenvalue weighted by atomic mass is 10.2. The largest absolute Gasteiger partial charge is 0.368 e. The van der Waals surface area contributed by atoms with E-state index >= 15 is 0 Å². The standard InChI is InChI=1S/C23H24N8/c1-2-5-20-19(4-1)22(29-21(28-20)18-6-10-24-11-7-18)25-12-13-30-14-16-31(17-15-30)23-26-8-3-9-27-23/h1-11H,12-17H2,(H,25,28,29). The van der Waals surface area contributed by atoms with Crippen LogP contribution in [0.1, 0.15) is 0 Å². The summed E-state index contributed by atoms with van der Waals surface area (Å²) in [7, 11) is 0. The fraction of sp³-hybridized carbons (Fsp3) is 0.261. The van der Waals surface area contributed by atoms with Crippen molar-refractivity contribution in [2.45, 2.75) is 0 Å². The smallest absolute Gasteiger partial charge is 0.225 e. The van der Waals surface area contributed by atoms with Crippen LogP contribution in [-0.2, 0) is 0 Å². The second-order valence-electron chi connectivity index (χ2n) is 7.45. The molecule has 8 heteroatoms. The number of fused-ring (bicyclic) bond motifs is 1. The number of hydrogen-bond donors (Lipinski definition) is 1. The van der Waals surface area contributed by atoms with Gasteiger partial charge >= 0.3 is 0 Å². The lowest BCUT2D eigenvalue weighted by molar-refractivity contribution is 0.266. The third-order valence-electron chi connectivity index (χ3n) is 5.47. The SMILES string of the molecule is c1cnc(N2CCN(CCNc3nc(-c4ccncc4)nc4ccccc34)CC2)nc1. The molecule has 31 heavy (non-hydrogen) atoms. The summed E-state index contributed by atoms with van der Waals surface area (Å²) >= 11 is 0. The summed E-state index contributed by atoms with van der Waals surface area (Å²) in [4.78, 5) is 27.1. The van der Waals surface area contributed by atoms with Crippen LogP contribution in [0.5, 0.6) is 0 Å². The number of rotatable bonds is 6. The van der Waals surface area contributed by atoms with Crippen LogP contribution in [0, 0.1) is 0 Å². The molecular weight excluding hydrogens is 388 g/mol. The minimum absolute atomic E-state index is 0.708. The summed E-state index contributed by atoms with van der Waals surface area (Å²) in [5.41, 5.74) is 1.89. The molecule has 0 spiro atoms. The number of pyridine rings is 1. The van der Waals surface area contributed by atoms with Gasteiger partial charge in [0.25, 0.3) is 0 Å². The summed E-state index contributed by atoms with van der Waals surface area (Å²) in [5, 5.41) is 4.57. The number of nitrogens with one attached hydrogen (secondary N) is 1. The van der Waals surface area contributed by atoms with Gasteiger partial charge in [0.15, 0.2) is 5.82 Å². The third kappa shape index (κ3) is 4.44. The second kappa shape index (κ2) is 9.01. The maximum atomic E-state index is 4.81. The Hall–Kier alpha value is -3.65. The summed E-state index contributed by atoms with van der Waals surface area (Å²) in [5.74, 6) is 2.39. The highest BCUT2D eigenvalue weighted by Gasteiger charge is 2.18. The van der Waals surface area contributed by atoms with E-state index in [1.165, 1.54) is 0 Å². The molecule has 1 N–H and O–H groups in total. The quantitative estimate of drug-likeness (QED) is 0.518. The molecule has 0 aliphatic carbocycles. The molecule has 0 radical (unpaired) electrons. The van der Waals surface area contributed by atoms with Gasteiger partial charge in [-0.2, -0.15) is 0 Å². The average Bonchev–Trinajstić information content (AvgIpc) is 2.85. The van der Waals surface area contributed by atoms with E-state index in [0.717, 1.165) is 67.5 Å². The van der Waals surface area contributed by atoms with Crippen molar-refractivity contribution >= 4 is 22.7 Å². The van der Waals surface area contributed by atoms with E-state index in [1.807, 2.05) is 36.4 Å². The van der Waals surface area contributed by atoms with Gasteiger partial charge in [-0.15, -0.1) is 0 Å². The summed E-state index contributed by atoms with van der Waals surface area (Å²) in [6, 6.07) is 13.8. The molecule has 0 amide bonds. The maximum absolute atomic E-state index is 4.81. The lowest BCUT2D eigenvalue weighted by Crippen LogP contribution is -2.48. The van der Waals surface area contributed by atoms with Crippen molar-refractivity contribution in [2.24, 2.45) is 0 Å². The van der Waals surface area contributed by atoms with Gasteiger partial charge in [0, 0.05) is 75.0 Å².